The minimum Gasteiger partial charge on any atom is -0.464 e. The highest BCUT2D eigenvalue weighted by molar-refractivity contribution is 5.71. The van der Waals surface area contributed by atoms with Gasteiger partial charge in [0, 0.05) is 0 Å². The van der Waals surface area contributed by atoms with Crippen LogP contribution in [0.3, 0.4) is 0 Å². The van der Waals surface area contributed by atoms with Gasteiger partial charge in [0.05, 0.1) is 13.2 Å². The van der Waals surface area contributed by atoms with E-state index < -0.39 is 0 Å². The number of hydrogen-bond donors (Lipinski definition) is 1. The summed E-state index contributed by atoms with van der Waals surface area (Å²) in [4.78, 5) is 10.4. The third kappa shape index (κ3) is 5.31. The largest absolute Gasteiger partial charge is 0.464 e. The second kappa shape index (κ2) is 6.29. The monoisotopic (exact) mass is 143 g/mol. The van der Waals surface area contributed by atoms with Crippen LogP contribution in [-0.2, 0) is 9.53 Å². The smallest absolute Gasteiger partial charge is 0.319 e. The molecule has 0 saturated carbocycles. The molecule has 58 valence electrons. The fourth-order valence-electron chi connectivity index (χ4n) is 0.466. The highest BCUT2D eigenvalue weighted by Gasteiger charge is 1.94. The van der Waals surface area contributed by atoms with E-state index in [9.17, 15) is 4.79 Å². The zero-order valence-corrected chi connectivity index (χ0v) is 6.17. The van der Waals surface area contributed by atoms with Gasteiger partial charge in [0.1, 0.15) is 0 Å². The van der Waals surface area contributed by atoms with E-state index in [0.29, 0.717) is 6.61 Å². The lowest BCUT2D eigenvalue weighted by atomic mass is 10.4. The number of rotatable bonds is 4. The quantitative estimate of drug-likeness (QED) is 0.353. The molecule has 2 N–H and O–H groups in total. The Morgan fingerprint density at radius 3 is 2.90 bits per heavy atom. The van der Waals surface area contributed by atoms with Crippen LogP contribution in [0.2, 0.25) is 0 Å². The standard InChI is InChI=1S/C7H13NO2/c1-2-3-4-5-10-7(9)6-8/h2-3H,4-6,8H2,1H3. The Balaban J connectivity index is 3.11. The molecule has 0 aliphatic heterocycles. The van der Waals surface area contributed by atoms with E-state index in [4.69, 9.17) is 5.73 Å². The Morgan fingerprint density at radius 1 is 1.70 bits per heavy atom. The third-order valence-corrected chi connectivity index (χ3v) is 0.950. The maximum atomic E-state index is 10.4. The maximum absolute atomic E-state index is 10.4. The van der Waals surface area contributed by atoms with Crippen molar-refractivity contribution < 1.29 is 9.53 Å². The van der Waals surface area contributed by atoms with Crippen molar-refractivity contribution >= 4 is 5.97 Å². The van der Waals surface area contributed by atoms with Gasteiger partial charge in [0.25, 0.3) is 0 Å². The van der Waals surface area contributed by atoms with Crippen molar-refractivity contribution in [3.63, 3.8) is 0 Å². The summed E-state index contributed by atoms with van der Waals surface area (Å²) in [6, 6.07) is 0. The average Bonchev–Trinajstić information content (AvgIpc) is 1.98. The summed E-state index contributed by atoms with van der Waals surface area (Å²) < 4.78 is 4.68. The van der Waals surface area contributed by atoms with Crippen molar-refractivity contribution in [2.45, 2.75) is 13.3 Å². The molecular weight excluding hydrogens is 130 g/mol. The lowest BCUT2D eigenvalue weighted by Crippen LogP contribution is -2.16. The average molecular weight is 143 g/mol. The summed E-state index contributed by atoms with van der Waals surface area (Å²) >= 11 is 0. The Morgan fingerprint density at radius 2 is 2.40 bits per heavy atom. The third-order valence-electron chi connectivity index (χ3n) is 0.950. The van der Waals surface area contributed by atoms with Crippen molar-refractivity contribution in [2.24, 2.45) is 5.73 Å². The number of carbonyl (C=O) groups is 1. The van der Waals surface area contributed by atoms with Crippen LogP contribution in [0.1, 0.15) is 13.3 Å². The first-order chi connectivity index (χ1) is 4.81. The molecule has 0 amide bonds. The molecule has 0 unspecified atom stereocenters. The molecule has 0 aromatic rings. The molecule has 0 aromatic carbocycles. The molecule has 0 spiro atoms. The predicted octanol–water partition coefficient (Wildman–Crippen LogP) is 0.455. The summed E-state index contributed by atoms with van der Waals surface area (Å²) in [5.74, 6) is -0.343. The van der Waals surface area contributed by atoms with E-state index >= 15 is 0 Å². The van der Waals surface area contributed by atoms with E-state index in [0.717, 1.165) is 6.42 Å². The van der Waals surface area contributed by atoms with Gasteiger partial charge in [-0.3, -0.25) is 4.79 Å². The van der Waals surface area contributed by atoms with Crippen LogP contribution in [0.5, 0.6) is 0 Å². The van der Waals surface area contributed by atoms with Gasteiger partial charge in [-0.2, -0.15) is 0 Å². The van der Waals surface area contributed by atoms with Gasteiger partial charge in [-0.15, -0.1) is 0 Å². The molecule has 0 radical (unpaired) electrons. The first kappa shape index (κ1) is 9.17. The normalized spacial score (nSPS) is 10.2. The van der Waals surface area contributed by atoms with Crippen LogP contribution in [0.4, 0.5) is 0 Å². The highest BCUT2D eigenvalue weighted by atomic mass is 16.5. The number of allylic oxidation sites excluding steroid dienone is 1. The molecule has 3 nitrogen and oxygen atoms in total. The Bertz CT molecular complexity index is 121. The summed E-state index contributed by atoms with van der Waals surface area (Å²) in [5, 5.41) is 0. The second-order valence-corrected chi connectivity index (χ2v) is 1.78. The van der Waals surface area contributed by atoms with Gasteiger partial charge in [-0.05, 0) is 13.3 Å². The van der Waals surface area contributed by atoms with Crippen molar-refractivity contribution in [3.8, 4) is 0 Å². The summed E-state index contributed by atoms with van der Waals surface area (Å²) in [6.45, 7) is 2.32. The van der Waals surface area contributed by atoms with E-state index in [2.05, 4.69) is 4.74 Å². The fraction of sp³-hybridized carbons (Fsp3) is 0.571. The summed E-state index contributed by atoms with van der Waals surface area (Å²) in [6.07, 6.45) is 4.61. The van der Waals surface area contributed by atoms with Crippen molar-refractivity contribution in [3.05, 3.63) is 12.2 Å². The number of nitrogens with two attached hydrogens (primary N) is 1. The van der Waals surface area contributed by atoms with E-state index in [1.165, 1.54) is 0 Å². The lowest BCUT2D eigenvalue weighted by Gasteiger charge is -1.98. The van der Waals surface area contributed by atoms with E-state index in [1.807, 2.05) is 19.1 Å². The van der Waals surface area contributed by atoms with Crippen LogP contribution in [0, 0.1) is 0 Å². The van der Waals surface area contributed by atoms with E-state index in [1.54, 1.807) is 0 Å². The summed E-state index contributed by atoms with van der Waals surface area (Å²) in [5.41, 5.74) is 4.99. The molecule has 0 bridgehead atoms. The molecule has 10 heavy (non-hydrogen) atoms. The van der Waals surface area contributed by atoms with Crippen LogP contribution in [0.25, 0.3) is 0 Å². The van der Waals surface area contributed by atoms with Crippen molar-refractivity contribution in [1.82, 2.24) is 0 Å². The van der Waals surface area contributed by atoms with Gasteiger partial charge in [0.2, 0.25) is 0 Å². The van der Waals surface area contributed by atoms with Gasteiger partial charge < -0.3 is 10.5 Å². The van der Waals surface area contributed by atoms with Crippen molar-refractivity contribution in [2.75, 3.05) is 13.2 Å². The minimum absolute atomic E-state index is 0.0319. The maximum Gasteiger partial charge on any atom is 0.319 e. The first-order valence-corrected chi connectivity index (χ1v) is 3.28. The zero-order chi connectivity index (χ0) is 7.82. The Hall–Kier alpha value is -0.830. The Labute approximate surface area is 60.9 Å². The van der Waals surface area contributed by atoms with Crippen LogP contribution >= 0.6 is 0 Å². The molecule has 0 atom stereocenters. The lowest BCUT2D eigenvalue weighted by molar-refractivity contribution is -0.141. The van der Waals surface area contributed by atoms with Crippen LogP contribution in [0.15, 0.2) is 12.2 Å². The number of ether oxygens (including phenoxy) is 1. The fourth-order valence-corrected chi connectivity index (χ4v) is 0.466. The zero-order valence-electron chi connectivity index (χ0n) is 6.17. The molecule has 0 saturated heterocycles. The number of carbonyl (C=O) groups excluding carboxylic acids is 1. The molecule has 0 rings (SSSR count). The SMILES string of the molecule is CC=CCCOC(=O)CN. The molecule has 0 fully saturated rings. The Kier molecular flexibility index (Phi) is 5.77. The van der Waals surface area contributed by atoms with Gasteiger partial charge >= 0.3 is 5.97 Å². The molecule has 0 aliphatic rings. The second-order valence-electron chi connectivity index (χ2n) is 1.78. The summed E-state index contributed by atoms with van der Waals surface area (Å²) in [7, 11) is 0. The first-order valence-electron chi connectivity index (χ1n) is 3.28. The number of esters is 1. The van der Waals surface area contributed by atoms with Crippen molar-refractivity contribution in [1.29, 1.82) is 0 Å². The predicted molar refractivity (Wildman–Crippen MR) is 39.4 cm³/mol. The van der Waals surface area contributed by atoms with Crippen LogP contribution < -0.4 is 5.73 Å². The van der Waals surface area contributed by atoms with Gasteiger partial charge in [-0.25, -0.2) is 0 Å². The number of hydrogen-bond acceptors (Lipinski definition) is 3. The topological polar surface area (TPSA) is 52.3 Å². The molecule has 3 heteroatoms. The molecule has 0 heterocycles. The van der Waals surface area contributed by atoms with Gasteiger partial charge in [-0.1, -0.05) is 12.2 Å². The van der Waals surface area contributed by atoms with Crippen LogP contribution in [-0.4, -0.2) is 19.1 Å². The highest BCUT2D eigenvalue weighted by Crippen LogP contribution is 1.84. The molecular formula is C7H13NO2. The molecule has 0 aliphatic carbocycles. The minimum atomic E-state index is -0.343. The molecule has 0 aromatic heterocycles. The van der Waals surface area contributed by atoms with E-state index in [-0.39, 0.29) is 12.5 Å². The van der Waals surface area contributed by atoms with Gasteiger partial charge in [0.15, 0.2) is 0 Å².